The summed E-state index contributed by atoms with van der Waals surface area (Å²) in [5.74, 6) is 0.596. The number of pyridine rings is 1. The third kappa shape index (κ3) is 2.56. The molecule has 0 N–H and O–H groups in total. The van der Waals surface area contributed by atoms with Crippen LogP contribution in [-0.2, 0) is 0 Å². The molecular formula is C15H15NO2. The van der Waals surface area contributed by atoms with Crippen LogP contribution in [0.25, 0.3) is 0 Å². The maximum Gasteiger partial charge on any atom is 0.194 e. The van der Waals surface area contributed by atoms with E-state index in [4.69, 9.17) is 4.74 Å². The van der Waals surface area contributed by atoms with Crippen molar-refractivity contribution in [3.05, 3.63) is 59.4 Å². The number of aryl methyl sites for hydroxylation is 1. The molecule has 0 atom stereocenters. The summed E-state index contributed by atoms with van der Waals surface area (Å²) in [6.45, 7) is 4.38. The van der Waals surface area contributed by atoms with Crippen LogP contribution in [0.15, 0.2) is 42.7 Å². The van der Waals surface area contributed by atoms with Crippen molar-refractivity contribution in [1.29, 1.82) is 0 Å². The van der Waals surface area contributed by atoms with Gasteiger partial charge in [0, 0.05) is 17.3 Å². The zero-order valence-corrected chi connectivity index (χ0v) is 10.5. The Morgan fingerprint density at radius 2 is 2.06 bits per heavy atom. The molecule has 0 aliphatic carbocycles. The first-order valence-electron chi connectivity index (χ1n) is 5.90. The summed E-state index contributed by atoms with van der Waals surface area (Å²) >= 11 is 0. The number of aromatic nitrogens is 1. The molecule has 1 aromatic heterocycles. The van der Waals surface area contributed by atoms with Gasteiger partial charge in [-0.15, -0.1) is 0 Å². The highest BCUT2D eigenvalue weighted by Crippen LogP contribution is 2.17. The molecule has 2 aromatic rings. The highest BCUT2D eigenvalue weighted by atomic mass is 16.5. The number of hydrogen-bond donors (Lipinski definition) is 0. The molecule has 0 unspecified atom stereocenters. The van der Waals surface area contributed by atoms with Crippen LogP contribution in [0.1, 0.15) is 28.4 Å². The smallest absolute Gasteiger partial charge is 0.194 e. The highest BCUT2D eigenvalue weighted by Gasteiger charge is 2.12. The van der Waals surface area contributed by atoms with Gasteiger partial charge in [-0.2, -0.15) is 0 Å². The van der Waals surface area contributed by atoms with E-state index in [1.54, 1.807) is 18.5 Å². The molecule has 1 aromatic carbocycles. The maximum absolute atomic E-state index is 12.3. The molecule has 0 amide bonds. The molecule has 1 heterocycles. The molecule has 0 spiro atoms. The molecule has 0 fully saturated rings. The SMILES string of the molecule is CCOc1cncc(C(=O)c2ccccc2C)c1. The van der Waals surface area contributed by atoms with Gasteiger partial charge in [-0.05, 0) is 25.5 Å². The van der Waals surface area contributed by atoms with Gasteiger partial charge in [0.1, 0.15) is 5.75 Å². The van der Waals surface area contributed by atoms with Crippen LogP contribution in [0, 0.1) is 6.92 Å². The van der Waals surface area contributed by atoms with Crippen LogP contribution in [-0.4, -0.2) is 17.4 Å². The fourth-order valence-electron chi connectivity index (χ4n) is 1.77. The molecule has 3 heteroatoms. The Labute approximate surface area is 106 Å². The van der Waals surface area contributed by atoms with Crippen molar-refractivity contribution < 1.29 is 9.53 Å². The van der Waals surface area contributed by atoms with Crippen LogP contribution >= 0.6 is 0 Å². The van der Waals surface area contributed by atoms with Crippen molar-refractivity contribution in [1.82, 2.24) is 4.98 Å². The first-order chi connectivity index (χ1) is 8.72. The molecule has 0 radical (unpaired) electrons. The van der Waals surface area contributed by atoms with Gasteiger partial charge in [-0.3, -0.25) is 9.78 Å². The topological polar surface area (TPSA) is 39.2 Å². The highest BCUT2D eigenvalue weighted by molar-refractivity contribution is 6.09. The van der Waals surface area contributed by atoms with Gasteiger partial charge in [0.25, 0.3) is 0 Å². The van der Waals surface area contributed by atoms with Crippen LogP contribution in [0.3, 0.4) is 0 Å². The molecular weight excluding hydrogens is 226 g/mol. The zero-order valence-electron chi connectivity index (χ0n) is 10.5. The maximum atomic E-state index is 12.3. The molecule has 0 saturated carbocycles. The number of ketones is 1. The van der Waals surface area contributed by atoms with Gasteiger partial charge in [-0.25, -0.2) is 0 Å². The second-order valence-electron chi connectivity index (χ2n) is 3.99. The number of ether oxygens (including phenoxy) is 1. The number of carbonyl (C=O) groups is 1. The van der Waals surface area contributed by atoms with E-state index in [-0.39, 0.29) is 5.78 Å². The molecule has 2 rings (SSSR count). The van der Waals surface area contributed by atoms with Crippen LogP contribution in [0.5, 0.6) is 5.75 Å². The van der Waals surface area contributed by atoms with Crippen LogP contribution in [0.2, 0.25) is 0 Å². The summed E-state index contributed by atoms with van der Waals surface area (Å²) in [6, 6.07) is 9.25. The summed E-state index contributed by atoms with van der Waals surface area (Å²) in [4.78, 5) is 16.4. The minimum atomic E-state index is -0.0258. The summed E-state index contributed by atoms with van der Waals surface area (Å²) in [5, 5.41) is 0. The zero-order chi connectivity index (χ0) is 13.0. The summed E-state index contributed by atoms with van der Waals surface area (Å²) in [7, 11) is 0. The lowest BCUT2D eigenvalue weighted by atomic mass is 10.0. The van der Waals surface area contributed by atoms with E-state index < -0.39 is 0 Å². The summed E-state index contributed by atoms with van der Waals surface area (Å²) in [5.41, 5.74) is 2.22. The second kappa shape index (κ2) is 5.45. The van der Waals surface area contributed by atoms with Gasteiger partial charge in [-0.1, -0.05) is 24.3 Å². The van der Waals surface area contributed by atoms with Gasteiger partial charge in [0.05, 0.1) is 12.8 Å². The van der Waals surface area contributed by atoms with Gasteiger partial charge >= 0.3 is 0 Å². The molecule has 3 nitrogen and oxygen atoms in total. The third-order valence-electron chi connectivity index (χ3n) is 2.68. The van der Waals surface area contributed by atoms with E-state index >= 15 is 0 Å². The summed E-state index contributed by atoms with van der Waals surface area (Å²) in [6.07, 6.45) is 3.18. The number of nitrogens with zero attached hydrogens (tertiary/aromatic N) is 1. The van der Waals surface area contributed by atoms with Crippen molar-refractivity contribution in [2.24, 2.45) is 0 Å². The van der Waals surface area contributed by atoms with E-state index in [0.29, 0.717) is 23.5 Å². The number of benzene rings is 1. The van der Waals surface area contributed by atoms with Crippen LogP contribution < -0.4 is 4.74 Å². The number of hydrogen-bond acceptors (Lipinski definition) is 3. The monoisotopic (exact) mass is 241 g/mol. The Balaban J connectivity index is 2.34. The van der Waals surface area contributed by atoms with Gasteiger partial charge < -0.3 is 4.74 Å². The minimum absolute atomic E-state index is 0.0258. The normalized spacial score (nSPS) is 10.1. The standard InChI is InChI=1S/C15H15NO2/c1-3-18-13-8-12(9-16-10-13)15(17)14-7-5-4-6-11(14)2/h4-10H,3H2,1-2H3. The minimum Gasteiger partial charge on any atom is -0.492 e. The number of carbonyl (C=O) groups excluding carboxylic acids is 1. The second-order valence-corrected chi connectivity index (χ2v) is 3.99. The predicted octanol–water partition coefficient (Wildman–Crippen LogP) is 3.02. The molecule has 0 bridgehead atoms. The Bertz CT molecular complexity index is 564. The quantitative estimate of drug-likeness (QED) is 0.772. The Morgan fingerprint density at radius 3 is 2.78 bits per heavy atom. The molecule has 0 aliphatic rings. The van der Waals surface area contributed by atoms with Gasteiger partial charge in [0.2, 0.25) is 0 Å². The molecule has 18 heavy (non-hydrogen) atoms. The Hall–Kier alpha value is -2.16. The largest absolute Gasteiger partial charge is 0.492 e. The third-order valence-corrected chi connectivity index (χ3v) is 2.68. The molecule has 0 saturated heterocycles. The Morgan fingerprint density at radius 1 is 1.28 bits per heavy atom. The lowest BCUT2D eigenvalue weighted by molar-refractivity contribution is 0.103. The predicted molar refractivity (Wildman–Crippen MR) is 70.0 cm³/mol. The van der Waals surface area contributed by atoms with E-state index in [1.807, 2.05) is 38.1 Å². The van der Waals surface area contributed by atoms with Crippen molar-refractivity contribution in [3.63, 3.8) is 0 Å². The summed E-state index contributed by atoms with van der Waals surface area (Å²) < 4.78 is 5.35. The van der Waals surface area contributed by atoms with Crippen molar-refractivity contribution in [2.75, 3.05) is 6.61 Å². The van der Waals surface area contributed by atoms with Crippen molar-refractivity contribution in [3.8, 4) is 5.75 Å². The van der Waals surface area contributed by atoms with E-state index in [1.165, 1.54) is 0 Å². The number of rotatable bonds is 4. The first kappa shape index (κ1) is 12.3. The van der Waals surface area contributed by atoms with E-state index in [9.17, 15) is 4.79 Å². The van der Waals surface area contributed by atoms with E-state index in [0.717, 1.165) is 5.56 Å². The fraction of sp³-hybridized carbons (Fsp3) is 0.200. The molecule has 0 aliphatic heterocycles. The lowest BCUT2D eigenvalue weighted by Gasteiger charge is -2.06. The van der Waals surface area contributed by atoms with Crippen LogP contribution in [0.4, 0.5) is 0 Å². The van der Waals surface area contributed by atoms with Crippen molar-refractivity contribution in [2.45, 2.75) is 13.8 Å². The average Bonchev–Trinajstić information content (AvgIpc) is 2.39. The lowest BCUT2D eigenvalue weighted by Crippen LogP contribution is -2.04. The van der Waals surface area contributed by atoms with E-state index in [2.05, 4.69) is 4.98 Å². The van der Waals surface area contributed by atoms with Crippen molar-refractivity contribution >= 4 is 5.78 Å². The Kier molecular flexibility index (Phi) is 3.72. The molecule has 92 valence electrons. The fourth-order valence-corrected chi connectivity index (χ4v) is 1.77. The average molecular weight is 241 g/mol. The van der Waals surface area contributed by atoms with Gasteiger partial charge in [0.15, 0.2) is 5.78 Å². The first-order valence-corrected chi connectivity index (χ1v) is 5.90.